The molecule has 2 aromatic rings. The molecular weight excluding hydrogens is 366 g/mol. The fourth-order valence-electron chi connectivity index (χ4n) is 3.80. The summed E-state index contributed by atoms with van der Waals surface area (Å²) in [6, 6.07) is 15.3. The van der Waals surface area contributed by atoms with E-state index in [2.05, 4.69) is 28.1 Å². The summed E-state index contributed by atoms with van der Waals surface area (Å²) in [5, 5.41) is 3.12. The summed E-state index contributed by atoms with van der Waals surface area (Å²) in [5.74, 6) is 1.51. The van der Waals surface area contributed by atoms with Gasteiger partial charge in [0.05, 0.1) is 20.3 Å². The first-order valence-electron chi connectivity index (χ1n) is 10.2. The monoisotopic (exact) mass is 397 g/mol. The second-order valence-corrected chi connectivity index (χ2v) is 7.17. The SMILES string of the molecule is CCN1CCN(C(CNC(=O)c2ccc(OC)cc2)c2ccccc2OC)CC1. The molecule has 1 fully saturated rings. The van der Waals surface area contributed by atoms with E-state index in [4.69, 9.17) is 9.47 Å². The van der Waals surface area contributed by atoms with Gasteiger partial charge in [0.2, 0.25) is 0 Å². The molecule has 1 N–H and O–H groups in total. The van der Waals surface area contributed by atoms with Gasteiger partial charge in [-0.05, 0) is 36.9 Å². The Morgan fingerprint density at radius 1 is 1.00 bits per heavy atom. The zero-order valence-corrected chi connectivity index (χ0v) is 17.6. The number of piperazine rings is 1. The molecule has 1 amide bonds. The topological polar surface area (TPSA) is 54.0 Å². The van der Waals surface area contributed by atoms with Crippen LogP contribution in [0, 0.1) is 0 Å². The molecule has 0 spiro atoms. The molecule has 1 heterocycles. The molecule has 3 rings (SSSR count). The van der Waals surface area contributed by atoms with Crippen LogP contribution in [0.25, 0.3) is 0 Å². The van der Waals surface area contributed by atoms with Crippen LogP contribution in [0.3, 0.4) is 0 Å². The third-order valence-electron chi connectivity index (χ3n) is 5.60. The maximum Gasteiger partial charge on any atom is 0.251 e. The molecular formula is C23H31N3O3. The van der Waals surface area contributed by atoms with Gasteiger partial charge in [-0.3, -0.25) is 9.69 Å². The largest absolute Gasteiger partial charge is 0.497 e. The third-order valence-corrected chi connectivity index (χ3v) is 5.60. The number of ether oxygens (including phenoxy) is 2. The minimum Gasteiger partial charge on any atom is -0.497 e. The summed E-state index contributed by atoms with van der Waals surface area (Å²) < 4.78 is 10.8. The van der Waals surface area contributed by atoms with Gasteiger partial charge in [-0.2, -0.15) is 0 Å². The number of hydrogen-bond donors (Lipinski definition) is 1. The lowest BCUT2D eigenvalue weighted by atomic mass is 10.0. The normalized spacial score (nSPS) is 16.2. The number of amides is 1. The van der Waals surface area contributed by atoms with Crippen molar-refractivity contribution < 1.29 is 14.3 Å². The molecule has 0 radical (unpaired) electrons. The summed E-state index contributed by atoms with van der Waals surface area (Å²) in [6.45, 7) is 7.80. The lowest BCUT2D eigenvalue weighted by Gasteiger charge is -2.39. The number of likely N-dealkylation sites (N-methyl/N-ethyl adjacent to an activating group) is 1. The number of methoxy groups -OCH3 is 2. The molecule has 1 unspecified atom stereocenters. The van der Waals surface area contributed by atoms with Crippen LogP contribution in [0.4, 0.5) is 0 Å². The molecule has 0 bridgehead atoms. The van der Waals surface area contributed by atoms with Crippen LogP contribution in [-0.2, 0) is 0 Å². The van der Waals surface area contributed by atoms with Crippen LogP contribution in [-0.4, -0.2) is 69.2 Å². The van der Waals surface area contributed by atoms with Crippen molar-refractivity contribution >= 4 is 5.91 Å². The number of hydrogen-bond acceptors (Lipinski definition) is 5. The Morgan fingerprint density at radius 2 is 1.69 bits per heavy atom. The molecule has 1 saturated heterocycles. The van der Waals surface area contributed by atoms with Crippen LogP contribution < -0.4 is 14.8 Å². The maximum atomic E-state index is 12.7. The van der Waals surface area contributed by atoms with Gasteiger partial charge in [-0.1, -0.05) is 25.1 Å². The van der Waals surface area contributed by atoms with Gasteiger partial charge in [0.15, 0.2) is 0 Å². The third kappa shape index (κ3) is 5.28. The Morgan fingerprint density at radius 3 is 2.31 bits per heavy atom. The van der Waals surface area contributed by atoms with E-state index in [0.717, 1.165) is 49.8 Å². The van der Waals surface area contributed by atoms with E-state index in [1.165, 1.54) is 0 Å². The van der Waals surface area contributed by atoms with Gasteiger partial charge < -0.3 is 19.7 Å². The molecule has 6 heteroatoms. The van der Waals surface area contributed by atoms with Crippen molar-refractivity contribution in [3.63, 3.8) is 0 Å². The first-order chi connectivity index (χ1) is 14.2. The molecule has 1 atom stereocenters. The molecule has 6 nitrogen and oxygen atoms in total. The average Bonchev–Trinajstić information content (AvgIpc) is 2.79. The van der Waals surface area contributed by atoms with Gasteiger partial charge in [-0.15, -0.1) is 0 Å². The second-order valence-electron chi connectivity index (χ2n) is 7.17. The highest BCUT2D eigenvalue weighted by atomic mass is 16.5. The highest BCUT2D eigenvalue weighted by Crippen LogP contribution is 2.29. The quantitative estimate of drug-likeness (QED) is 0.742. The predicted octanol–water partition coefficient (Wildman–Crippen LogP) is 2.81. The molecule has 0 saturated carbocycles. The zero-order chi connectivity index (χ0) is 20.6. The summed E-state index contributed by atoms with van der Waals surface area (Å²) in [4.78, 5) is 17.6. The summed E-state index contributed by atoms with van der Waals surface area (Å²) >= 11 is 0. The predicted molar refractivity (Wildman–Crippen MR) is 115 cm³/mol. The van der Waals surface area contributed by atoms with E-state index in [0.29, 0.717) is 12.1 Å². The summed E-state index contributed by atoms with van der Waals surface area (Å²) in [7, 11) is 3.31. The standard InChI is InChI=1S/C23H31N3O3/c1-4-25-13-15-26(16-14-25)21(20-7-5-6-8-22(20)29-3)17-24-23(27)18-9-11-19(28-2)12-10-18/h5-12,21H,4,13-17H2,1-3H3,(H,24,27). The molecule has 0 aliphatic carbocycles. The van der Waals surface area contributed by atoms with E-state index in [1.807, 2.05) is 18.2 Å². The number of para-hydroxylation sites is 1. The summed E-state index contributed by atoms with van der Waals surface area (Å²) in [5.41, 5.74) is 1.73. The van der Waals surface area contributed by atoms with Crippen molar-refractivity contribution in [2.45, 2.75) is 13.0 Å². The number of nitrogens with zero attached hydrogens (tertiary/aromatic N) is 2. The number of nitrogens with one attached hydrogen (secondary N) is 1. The first kappa shape index (κ1) is 21.1. The van der Waals surface area contributed by atoms with E-state index in [9.17, 15) is 4.79 Å². The Labute approximate surface area is 173 Å². The zero-order valence-electron chi connectivity index (χ0n) is 17.6. The Hall–Kier alpha value is -2.57. The van der Waals surface area contributed by atoms with Crippen LogP contribution >= 0.6 is 0 Å². The molecule has 2 aromatic carbocycles. The number of rotatable bonds is 8. The Bertz CT molecular complexity index is 786. The maximum absolute atomic E-state index is 12.7. The van der Waals surface area contributed by atoms with Gasteiger partial charge in [-0.25, -0.2) is 0 Å². The van der Waals surface area contributed by atoms with Crippen molar-refractivity contribution in [1.82, 2.24) is 15.1 Å². The fraction of sp³-hybridized carbons (Fsp3) is 0.435. The highest BCUT2D eigenvalue weighted by molar-refractivity contribution is 5.94. The van der Waals surface area contributed by atoms with Gasteiger partial charge in [0.25, 0.3) is 5.91 Å². The second kappa shape index (κ2) is 10.3. The van der Waals surface area contributed by atoms with E-state index in [1.54, 1.807) is 38.5 Å². The van der Waals surface area contributed by atoms with Crippen molar-refractivity contribution in [3.05, 3.63) is 59.7 Å². The van der Waals surface area contributed by atoms with E-state index in [-0.39, 0.29) is 11.9 Å². The minimum absolute atomic E-state index is 0.0624. The van der Waals surface area contributed by atoms with E-state index >= 15 is 0 Å². The lowest BCUT2D eigenvalue weighted by Crippen LogP contribution is -2.49. The Balaban J connectivity index is 1.75. The molecule has 1 aliphatic rings. The minimum atomic E-state index is -0.0836. The van der Waals surface area contributed by atoms with Gasteiger partial charge in [0.1, 0.15) is 11.5 Å². The highest BCUT2D eigenvalue weighted by Gasteiger charge is 2.27. The van der Waals surface area contributed by atoms with Crippen molar-refractivity contribution in [2.75, 3.05) is 53.5 Å². The first-order valence-corrected chi connectivity index (χ1v) is 10.2. The molecule has 29 heavy (non-hydrogen) atoms. The van der Waals surface area contributed by atoms with Crippen LogP contribution in [0.15, 0.2) is 48.5 Å². The lowest BCUT2D eigenvalue weighted by molar-refractivity contribution is 0.0850. The van der Waals surface area contributed by atoms with Crippen LogP contribution in [0.5, 0.6) is 11.5 Å². The van der Waals surface area contributed by atoms with Crippen molar-refractivity contribution in [3.8, 4) is 11.5 Å². The number of carbonyl (C=O) groups excluding carboxylic acids is 1. The van der Waals surface area contributed by atoms with Crippen molar-refractivity contribution in [2.24, 2.45) is 0 Å². The van der Waals surface area contributed by atoms with E-state index < -0.39 is 0 Å². The number of carbonyl (C=O) groups is 1. The average molecular weight is 398 g/mol. The van der Waals surface area contributed by atoms with Gasteiger partial charge in [0, 0.05) is 43.9 Å². The van der Waals surface area contributed by atoms with Crippen molar-refractivity contribution in [1.29, 1.82) is 0 Å². The summed E-state index contributed by atoms with van der Waals surface area (Å²) in [6.07, 6.45) is 0. The van der Waals surface area contributed by atoms with Crippen LogP contribution in [0.2, 0.25) is 0 Å². The Kier molecular flexibility index (Phi) is 7.49. The molecule has 0 aromatic heterocycles. The van der Waals surface area contributed by atoms with Crippen LogP contribution in [0.1, 0.15) is 28.9 Å². The molecule has 1 aliphatic heterocycles. The fourth-order valence-corrected chi connectivity index (χ4v) is 3.80. The van der Waals surface area contributed by atoms with Gasteiger partial charge >= 0.3 is 0 Å². The smallest absolute Gasteiger partial charge is 0.251 e. The number of benzene rings is 2. The molecule has 156 valence electrons.